The Morgan fingerprint density at radius 1 is 1.04 bits per heavy atom. The number of sulfonamides is 1. The van der Waals surface area contributed by atoms with Gasteiger partial charge in [-0.25, -0.2) is 22.5 Å². The molecule has 0 aliphatic carbocycles. The van der Waals surface area contributed by atoms with Crippen molar-refractivity contribution in [2.45, 2.75) is 32.2 Å². The molecule has 3 N–H and O–H groups in total. The lowest BCUT2D eigenvalue weighted by molar-refractivity contribution is 0.580. The number of aryl methyl sites for hydroxylation is 2. The van der Waals surface area contributed by atoms with E-state index in [4.69, 9.17) is 0 Å². The monoisotopic (exact) mass is 406 g/mol. The molecule has 0 saturated carbocycles. The van der Waals surface area contributed by atoms with E-state index in [-0.39, 0.29) is 17.3 Å². The maximum atomic E-state index is 13.6. The minimum atomic E-state index is -3.54. The SMILES string of the molecule is CCNC(=NCc1ccc(C)c(F)c1)NCCNS(=O)(=O)c1ccc(C)cc1. The molecule has 0 unspecified atom stereocenters. The van der Waals surface area contributed by atoms with Crippen molar-refractivity contribution >= 4 is 16.0 Å². The maximum absolute atomic E-state index is 13.6. The summed E-state index contributed by atoms with van der Waals surface area (Å²) < 4.78 is 40.7. The highest BCUT2D eigenvalue weighted by molar-refractivity contribution is 7.89. The van der Waals surface area contributed by atoms with E-state index in [1.807, 2.05) is 19.9 Å². The average molecular weight is 407 g/mol. The molecule has 0 aliphatic heterocycles. The van der Waals surface area contributed by atoms with Crippen LogP contribution in [0.4, 0.5) is 4.39 Å². The maximum Gasteiger partial charge on any atom is 0.240 e. The molecule has 0 saturated heterocycles. The van der Waals surface area contributed by atoms with Gasteiger partial charge in [0.1, 0.15) is 5.82 Å². The van der Waals surface area contributed by atoms with E-state index in [2.05, 4.69) is 20.3 Å². The van der Waals surface area contributed by atoms with E-state index in [1.54, 1.807) is 37.3 Å². The second-order valence-electron chi connectivity index (χ2n) is 6.42. The molecule has 0 fully saturated rings. The number of rotatable bonds is 8. The zero-order valence-corrected chi connectivity index (χ0v) is 17.2. The lowest BCUT2D eigenvalue weighted by Gasteiger charge is -2.12. The molecule has 2 aromatic rings. The van der Waals surface area contributed by atoms with Crippen molar-refractivity contribution in [3.8, 4) is 0 Å². The number of nitrogens with zero attached hydrogens (tertiary/aromatic N) is 1. The second kappa shape index (κ2) is 10.2. The molecule has 0 amide bonds. The van der Waals surface area contributed by atoms with Gasteiger partial charge in [0.2, 0.25) is 10.0 Å². The number of aliphatic imine (C=N–C) groups is 1. The van der Waals surface area contributed by atoms with Gasteiger partial charge < -0.3 is 10.6 Å². The van der Waals surface area contributed by atoms with Crippen LogP contribution in [0, 0.1) is 19.7 Å². The zero-order chi connectivity index (χ0) is 20.6. The molecule has 6 nitrogen and oxygen atoms in total. The highest BCUT2D eigenvalue weighted by Gasteiger charge is 2.12. The summed E-state index contributed by atoms with van der Waals surface area (Å²) >= 11 is 0. The minimum Gasteiger partial charge on any atom is -0.357 e. The highest BCUT2D eigenvalue weighted by atomic mass is 32.2. The van der Waals surface area contributed by atoms with Gasteiger partial charge in [0, 0.05) is 19.6 Å². The van der Waals surface area contributed by atoms with Gasteiger partial charge in [-0.1, -0.05) is 29.8 Å². The smallest absolute Gasteiger partial charge is 0.240 e. The van der Waals surface area contributed by atoms with Gasteiger partial charge in [-0.2, -0.15) is 0 Å². The molecule has 0 radical (unpaired) electrons. The van der Waals surface area contributed by atoms with Gasteiger partial charge in [0.05, 0.1) is 11.4 Å². The fraction of sp³-hybridized carbons (Fsp3) is 0.350. The molecular weight excluding hydrogens is 379 g/mol. The van der Waals surface area contributed by atoms with E-state index in [0.717, 1.165) is 11.1 Å². The minimum absolute atomic E-state index is 0.208. The Morgan fingerprint density at radius 3 is 2.39 bits per heavy atom. The molecule has 0 heterocycles. The molecule has 0 aliphatic rings. The van der Waals surface area contributed by atoms with Crippen LogP contribution >= 0.6 is 0 Å². The van der Waals surface area contributed by atoms with Crippen molar-refractivity contribution in [3.63, 3.8) is 0 Å². The lowest BCUT2D eigenvalue weighted by atomic mass is 10.1. The topological polar surface area (TPSA) is 82.6 Å². The Kier molecular flexibility index (Phi) is 7.95. The van der Waals surface area contributed by atoms with Gasteiger partial charge >= 0.3 is 0 Å². The Hall–Kier alpha value is -2.45. The Morgan fingerprint density at radius 2 is 1.75 bits per heavy atom. The first-order chi connectivity index (χ1) is 13.3. The van der Waals surface area contributed by atoms with E-state index >= 15 is 0 Å². The molecule has 152 valence electrons. The van der Waals surface area contributed by atoms with Crippen molar-refractivity contribution in [2.75, 3.05) is 19.6 Å². The van der Waals surface area contributed by atoms with Gasteiger partial charge in [0.15, 0.2) is 5.96 Å². The van der Waals surface area contributed by atoms with Crippen molar-refractivity contribution in [2.24, 2.45) is 4.99 Å². The number of hydrogen-bond donors (Lipinski definition) is 3. The van der Waals surface area contributed by atoms with Crippen LogP contribution in [0.1, 0.15) is 23.6 Å². The fourth-order valence-corrected chi connectivity index (χ4v) is 3.45. The van der Waals surface area contributed by atoms with Crippen LogP contribution in [-0.2, 0) is 16.6 Å². The van der Waals surface area contributed by atoms with Crippen LogP contribution in [-0.4, -0.2) is 34.0 Å². The molecule has 28 heavy (non-hydrogen) atoms. The summed E-state index contributed by atoms with van der Waals surface area (Å²) in [6.07, 6.45) is 0. The fourth-order valence-electron chi connectivity index (χ4n) is 2.41. The van der Waals surface area contributed by atoms with Crippen molar-refractivity contribution in [3.05, 3.63) is 65.0 Å². The van der Waals surface area contributed by atoms with Crippen LogP contribution in [0.2, 0.25) is 0 Å². The summed E-state index contributed by atoms with van der Waals surface area (Å²) in [6, 6.07) is 11.7. The van der Waals surface area contributed by atoms with Crippen LogP contribution in [0.5, 0.6) is 0 Å². The molecule has 2 rings (SSSR count). The standard InChI is InChI=1S/C20H27FN4O2S/c1-4-22-20(24-14-17-8-7-16(3)19(21)13-17)23-11-12-25-28(26,27)18-9-5-15(2)6-10-18/h5-10,13,25H,4,11-12,14H2,1-3H3,(H2,22,23,24). The van der Waals surface area contributed by atoms with Gasteiger partial charge in [0.25, 0.3) is 0 Å². The lowest BCUT2D eigenvalue weighted by Crippen LogP contribution is -2.41. The third kappa shape index (κ3) is 6.61. The molecule has 0 atom stereocenters. The van der Waals surface area contributed by atoms with Crippen LogP contribution in [0.3, 0.4) is 0 Å². The first-order valence-electron chi connectivity index (χ1n) is 9.15. The third-order valence-corrected chi connectivity index (χ3v) is 5.52. The third-order valence-electron chi connectivity index (χ3n) is 4.04. The predicted molar refractivity (Wildman–Crippen MR) is 110 cm³/mol. The first kappa shape index (κ1) is 21.8. The normalized spacial score (nSPS) is 12.1. The van der Waals surface area contributed by atoms with E-state index in [1.165, 1.54) is 6.07 Å². The largest absolute Gasteiger partial charge is 0.357 e. The van der Waals surface area contributed by atoms with Crippen molar-refractivity contribution in [1.82, 2.24) is 15.4 Å². The Bertz CT molecular complexity index is 912. The second-order valence-corrected chi connectivity index (χ2v) is 8.18. The van der Waals surface area contributed by atoms with Gasteiger partial charge in [-0.3, -0.25) is 0 Å². The Labute approximate surface area is 166 Å². The molecule has 0 bridgehead atoms. The zero-order valence-electron chi connectivity index (χ0n) is 16.4. The molecule has 0 spiro atoms. The van der Waals surface area contributed by atoms with Crippen LogP contribution in [0.15, 0.2) is 52.4 Å². The number of nitrogens with one attached hydrogen (secondary N) is 3. The van der Waals surface area contributed by atoms with Crippen LogP contribution in [0.25, 0.3) is 0 Å². The van der Waals surface area contributed by atoms with Crippen LogP contribution < -0.4 is 15.4 Å². The summed E-state index contributed by atoms with van der Waals surface area (Å²) in [4.78, 5) is 4.64. The molecular formula is C20H27FN4O2S. The summed E-state index contributed by atoms with van der Waals surface area (Å²) in [5, 5.41) is 6.15. The number of guanidine groups is 1. The van der Waals surface area contributed by atoms with Crippen molar-refractivity contribution in [1.29, 1.82) is 0 Å². The van der Waals surface area contributed by atoms with Gasteiger partial charge in [-0.05, 0) is 50.1 Å². The summed E-state index contributed by atoms with van der Waals surface area (Å²) in [7, 11) is -3.54. The number of hydrogen-bond acceptors (Lipinski definition) is 3. The van der Waals surface area contributed by atoms with E-state index in [9.17, 15) is 12.8 Å². The summed E-state index contributed by atoms with van der Waals surface area (Å²) in [5.74, 6) is 0.286. The molecule has 8 heteroatoms. The van der Waals surface area contributed by atoms with Crippen molar-refractivity contribution < 1.29 is 12.8 Å². The number of halogens is 1. The number of benzene rings is 2. The summed E-state index contributed by atoms with van der Waals surface area (Å²) in [6.45, 7) is 7.10. The quantitative estimate of drug-likeness (QED) is 0.357. The Balaban J connectivity index is 1.88. The average Bonchev–Trinajstić information content (AvgIpc) is 2.66. The molecule has 2 aromatic carbocycles. The van der Waals surface area contributed by atoms with E-state index in [0.29, 0.717) is 31.2 Å². The van der Waals surface area contributed by atoms with Gasteiger partial charge in [-0.15, -0.1) is 0 Å². The van der Waals surface area contributed by atoms with E-state index < -0.39 is 10.0 Å². The first-order valence-corrected chi connectivity index (χ1v) is 10.6. The molecule has 0 aromatic heterocycles. The predicted octanol–water partition coefficient (Wildman–Crippen LogP) is 2.48. The highest BCUT2D eigenvalue weighted by Crippen LogP contribution is 2.10. The summed E-state index contributed by atoms with van der Waals surface area (Å²) in [5.41, 5.74) is 2.36.